The summed E-state index contributed by atoms with van der Waals surface area (Å²) in [6.07, 6.45) is 3.12. The molecule has 1 aliphatic heterocycles. The first-order valence-corrected chi connectivity index (χ1v) is 10.8. The number of benzene rings is 2. The van der Waals surface area contributed by atoms with Gasteiger partial charge in [0.15, 0.2) is 0 Å². The van der Waals surface area contributed by atoms with Gasteiger partial charge in [-0.25, -0.2) is 0 Å². The normalized spacial score (nSPS) is 18.5. The summed E-state index contributed by atoms with van der Waals surface area (Å²) >= 11 is 6.43. The molecular weight excluding hydrogens is 428 g/mol. The first-order valence-electron chi connectivity index (χ1n) is 10.4. The predicted octanol–water partition coefficient (Wildman–Crippen LogP) is 5.21. The van der Waals surface area contributed by atoms with Gasteiger partial charge in [-0.15, -0.1) is 0 Å². The molecule has 1 N–H and O–H groups in total. The van der Waals surface area contributed by atoms with Crippen LogP contribution in [0.1, 0.15) is 30.0 Å². The molecule has 32 heavy (non-hydrogen) atoms. The number of rotatable bonds is 7. The standard InChI is InChI=1S/C25H25ClN2O4/c1-31-17-8-9-19(24(13-17)32-2)21-10-7-16(14-27-21)15-28-22(11-12-23(28)25(29)30)18-5-3-4-6-20(18)26/h3-10,13-14,22-23H,11-12,15H2,1-2H3,(H,29,30)/t22-,23+/m1/s1. The van der Waals surface area contributed by atoms with Crippen molar-refractivity contribution in [3.8, 4) is 22.8 Å². The quantitative estimate of drug-likeness (QED) is 0.530. The van der Waals surface area contributed by atoms with Crippen molar-refractivity contribution in [1.29, 1.82) is 0 Å². The number of aliphatic carboxylic acids is 1. The largest absolute Gasteiger partial charge is 0.497 e. The van der Waals surface area contributed by atoms with E-state index in [0.29, 0.717) is 29.5 Å². The molecule has 1 fully saturated rings. The van der Waals surface area contributed by atoms with Crippen molar-refractivity contribution >= 4 is 17.6 Å². The Bertz CT molecular complexity index is 1100. The summed E-state index contributed by atoms with van der Waals surface area (Å²) in [4.78, 5) is 18.5. The first-order chi connectivity index (χ1) is 15.5. The molecule has 0 spiro atoms. The maximum absolute atomic E-state index is 11.9. The molecule has 2 heterocycles. The third-order valence-electron chi connectivity index (χ3n) is 5.94. The number of likely N-dealkylation sites (tertiary alicyclic amines) is 1. The van der Waals surface area contributed by atoms with Crippen LogP contribution in [0.2, 0.25) is 5.02 Å². The van der Waals surface area contributed by atoms with Gasteiger partial charge in [0.25, 0.3) is 0 Å². The van der Waals surface area contributed by atoms with Gasteiger partial charge in [-0.1, -0.05) is 35.9 Å². The van der Waals surface area contributed by atoms with Crippen LogP contribution >= 0.6 is 11.6 Å². The number of carbonyl (C=O) groups is 1. The maximum atomic E-state index is 11.9. The van der Waals surface area contributed by atoms with Gasteiger partial charge in [-0.05, 0) is 48.2 Å². The van der Waals surface area contributed by atoms with Crippen LogP contribution in [0.5, 0.6) is 11.5 Å². The number of hydrogen-bond donors (Lipinski definition) is 1. The second-order valence-electron chi connectivity index (χ2n) is 7.76. The molecule has 1 saturated heterocycles. The van der Waals surface area contributed by atoms with Crippen LogP contribution < -0.4 is 9.47 Å². The summed E-state index contributed by atoms with van der Waals surface area (Å²) < 4.78 is 10.8. The van der Waals surface area contributed by atoms with Crippen LogP contribution in [-0.4, -0.2) is 41.2 Å². The fourth-order valence-corrected chi connectivity index (χ4v) is 4.59. The Morgan fingerprint density at radius 2 is 1.94 bits per heavy atom. The molecule has 0 radical (unpaired) electrons. The van der Waals surface area contributed by atoms with Crippen molar-refractivity contribution in [1.82, 2.24) is 9.88 Å². The monoisotopic (exact) mass is 452 g/mol. The highest BCUT2D eigenvalue weighted by atomic mass is 35.5. The van der Waals surface area contributed by atoms with E-state index in [4.69, 9.17) is 21.1 Å². The van der Waals surface area contributed by atoms with Gasteiger partial charge in [-0.2, -0.15) is 0 Å². The average molecular weight is 453 g/mol. The minimum Gasteiger partial charge on any atom is -0.497 e. The van der Waals surface area contributed by atoms with Crippen LogP contribution in [0.15, 0.2) is 60.8 Å². The summed E-state index contributed by atoms with van der Waals surface area (Å²) in [6.45, 7) is 0.472. The number of methoxy groups -OCH3 is 2. The third kappa shape index (κ3) is 4.42. The third-order valence-corrected chi connectivity index (χ3v) is 6.28. The lowest BCUT2D eigenvalue weighted by Gasteiger charge is -2.29. The number of carboxylic acid groups (broad SMARTS) is 1. The Balaban J connectivity index is 1.60. The zero-order valence-corrected chi connectivity index (χ0v) is 18.7. The Kier molecular flexibility index (Phi) is 6.63. The molecule has 4 rings (SSSR count). The van der Waals surface area contributed by atoms with E-state index < -0.39 is 12.0 Å². The van der Waals surface area contributed by atoms with Gasteiger partial charge in [0.2, 0.25) is 0 Å². The van der Waals surface area contributed by atoms with E-state index in [1.54, 1.807) is 20.4 Å². The van der Waals surface area contributed by atoms with E-state index in [-0.39, 0.29) is 6.04 Å². The van der Waals surface area contributed by atoms with Crippen molar-refractivity contribution in [3.05, 3.63) is 76.9 Å². The number of carboxylic acids is 1. The lowest BCUT2D eigenvalue weighted by atomic mass is 10.0. The topological polar surface area (TPSA) is 71.9 Å². The second kappa shape index (κ2) is 9.59. The molecule has 0 aliphatic carbocycles. The summed E-state index contributed by atoms with van der Waals surface area (Å²) in [6, 6.07) is 16.5. The molecule has 2 atom stereocenters. The predicted molar refractivity (Wildman–Crippen MR) is 123 cm³/mol. The zero-order chi connectivity index (χ0) is 22.7. The molecule has 3 aromatic rings. The number of halogens is 1. The minimum atomic E-state index is -0.813. The first kappa shape index (κ1) is 22.1. The zero-order valence-electron chi connectivity index (χ0n) is 18.0. The molecule has 6 nitrogen and oxygen atoms in total. The van der Waals surface area contributed by atoms with E-state index in [0.717, 1.165) is 28.8 Å². The van der Waals surface area contributed by atoms with Crippen molar-refractivity contribution in [2.24, 2.45) is 0 Å². The van der Waals surface area contributed by atoms with Gasteiger partial charge < -0.3 is 14.6 Å². The molecule has 0 amide bonds. The number of aromatic nitrogens is 1. The van der Waals surface area contributed by atoms with Crippen LogP contribution in [-0.2, 0) is 11.3 Å². The van der Waals surface area contributed by atoms with Crippen molar-refractivity contribution in [3.63, 3.8) is 0 Å². The van der Waals surface area contributed by atoms with Crippen LogP contribution in [0, 0.1) is 0 Å². The average Bonchev–Trinajstić information content (AvgIpc) is 3.23. The smallest absolute Gasteiger partial charge is 0.320 e. The van der Waals surface area contributed by atoms with Crippen LogP contribution in [0.4, 0.5) is 0 Å². The van der Waals surface area contributed by atoms with Gasteiger partial charge in [0, 0.05) is 35.4 Å². The van der Waals surface area contributed by atoms with Crippen LogP contribution in [0.3, 0.4) is 0 Å². The highest BCUT2D eigenvalue weighted by Crippen LogP contribution is 2.40. The molecular formula is C25H25ClN2O4. The minimum absolute atomic E-state index is 0.0499. The van der Waals surface area contributed by atoms with E-state index in [1.165, 1.54) is 0 Å². The maximum Gasteiger partial charge on any atom is 0.320 e. The summed E-state index contributed by atoms with van der Waals surface area (Å²) in [5.41, 5.74) is 3.53. The Morgan fingerprint density at radius 1 is 1.12 bits per heavy atom. The molecule has 7 heteroatoms. The number of ether oxygens (including phenoxy) is 2. The van der Waals surface area contributed by atoms with E-state index in [9.17, 15) is 9.90 Å². The van der Waals surface area contributed by atoms with Gasteiger partial charge >= 0.3 is 5.97 Å². The Hall–Kier alpha value is -3.09. The summed E-state index contributed by atoms with van der Waals surface area (Å²) in [5.74, 6) is 0.572. The highest BCUT2D eigenvalue weighted by Gasteiger charge is 2.39. The Labute approximate surface area is 192 Å². The number of hydrogen-bond acceptors (Lipinski definition) is 5. The van der Waals surface area contributed by atoms with Crippen LogP contribution in [0.25, 0.3) is 11.3 Å². The van der Waals surface area contributed by atoms with Gasteiger partial charge in [-0.3, -0.25) is 14.7 Å². The lowest BCUT2D eigenvalue weighted by molar-refractivity contribution is -0.142. The number of pyridine rings is 1. The fraction of sp³-hybridized carbons (Fsp3) is 0.280. The van der Waals surface area contributed by atoms with Gasteiger partial charge in [0.05, 0.1) is 19.9 Å². The van der Waals surface area contributed by atoms with Crippen molar-refractivity contribution < 1.29 is 19.4 Å². The second-order valence-corrected chi connectivity index (χ2v) is 8.17. The summed E-state index contributed by atoms with van der Waals surface area (Å²) in [5, 5.41) is 10.4. The van der Waals surface area contributed by atoms with Crippen molar-refractivity contribution in [2.75, 3.05) is 14.2 Å². The van der Waals surface area contributed by atoms with E-state index >= 15 is 0 Å². The number of nitrogens with zero attached hydrogens (tertiary/aromatic N) is 2. The molecule has 0 unspecified atom stereocenters. The van der Waals surface area contributed by atoms with E-state index in [1.807, 2.05) is 59.5 Å². The summed E-state index contributed by atoms with van der Waals surface area (Å²) in [7, 11) is 3.22. The molecule has 2 aromatic carbocycles. The molecule has 0 bridgehead atoms. The van der Waals surface area contributed by atoms with E-state index in [2.05, 4.69) is 4.98 Å². The van der Waals surface area contributed by atoms with Crippen molar-refractivity contribution in [2.45, 2.75) is 31.5 Å². The molecule has 1 aromatic heterocycles. The molecule has 1 aliphatic rings. The molecule has 166 valence electrons. The van der Waals surface area contributed by atoms with Gasteiger partial charge in [0.1, 0.15) is 17.5 Å². The highest BCUT2D eigenvalue weighted by molar-refractivity contribution is 6.31. The fourth-order valence-electron chi connectivity index (χ4n) is 4.33. The molecule has 0 saturated carbocycles. The Morgan fingerprint density at radius 3 is 2.59 bits per heavy atom. The lowest BCUT2D eigenvalue weighted by Crippen LogP contribution is -2.37. The SMILES string of the molecule is COc1ccc(-c2ccc(CN3[C@@H](c4ccccc4Cl)CC[C@H]3C(=O)O)cn2)c(OC)c1.